The minimum atomic E-state index is -0.652. The van der Waals surface area contributed by atoms with Crippen LogP contribution in [0.15, 0.2) is 30.3 Å². The molecular weight excluding hydrogens is 402 g/mol. The van der Waals surface area contributed by atoms with Crippen molar-refractivity contribution in [3.63, 3.8) is 0 Å². The summed E-state index contributed by atoms with van der Waals surface area (Å²) in [6.45, 7) is 2.61. The minimum Gasteiger partial charge on any atom is -0.465 e. The molecule has 1 aliphatic carbocycles. The summed E-state index contributed by atoms with van der Waals surface area (Å²) in [5.74, 6) is -0.387. The number of carbonyl (C=O) groups excluding carboxylic acids is 3. The number of hydrogen-bond donors (Lipinski definition) is 2. The molecule has 0 bridgehead atoms. The number of benzene rings is 1. The van der Waals surface area contributed by atoms with Crippen LogP contribution in [0.4, 0.5) is 5.00 Å². The van der Waals surface area contributed by atoms with Crippen molar-refractivity contribution in [1.82, 2.24) is 10.4 Å². The van der Waals surface area contributed by atoms with E-state index in [9.17, 15) is 14.4 Å². The lowest BCUT2D eigenvalue weighted by Crippen LogP contribution is -2.43. The summed E-state index contributed by atoms with van der Waals surface area (Å²) in [5, 5.41) is 5.09. The fraction of sp³-hybridized carbons (Fsp3) is 0.409. The number of thiophene rings is 1. The number of methoxy groups -OCH3 is 1. The molecule has 30 heavy (non-hydrogen) atoms. The van der Waals surface area contributed by atoms with Crippen LogP contribution in [0.1, 0.15) is 46.1 Å². The number of carbonyl (C=O) groups is 3. The Labute approximate surface area is 179 Å². The van der Waals surface area contributed by atoms with Crippen LogP contribution < -0.4 is 10.7 Å². The largest absolute Gasteiger partial charge is 0.465 e. The van der Waals surface area contributed by atoms with E-state index >= 15 is 0 Å². The van der Waals surface area contributed by atoms with E-state index in [1.807, 2.05) is 30.3 Å². The first-order valence-corrected chi connectivity index (χ1v) is 10.9. The molecule has 2 aromatic rings. The maximum Gasteiger partial charge on any atom is 0.341 e. The number of amides is 2. The number of anilines is 1. The molecule has 1 aliphatic heterocycles. The van der Waals surface area contributed by atoms with Crippen molar-refractivity contribution in [2.75, 3.05) is 12.4 Å². The number of nitrogens with zero attached hydrogens (tertiary/aromatic N) is 1. The molecule has 0 saturated carbocycles. The number of hydrogen-bond acceptors (Lipinski definition) is 6. The van der Waals surface area contributed by atoms with Gasteiger partial charge >= 0.3 is 5.97 Å². The van der Waals surface area contributed by atoms with Gasteiger partial charge in [0.25, 0.3) is 0 Å². The van der Waals surface area contributed by atoms with Gasteiger partial charge in [-0.25, -0.2) is 9.80 Å². The molecule has 7 nitrogen and oxygen atoms in total. The van der Waals surface area contributed by atoms with Gasteiger partial charge in [0.2, 0.25) is 11.8 Å². The number of esters is 1. The molecule has 0 radical (unpaired) electrons. The van der Waals surface area contributed by atoms with Crippen molar-refractivity contribution in [2.24, 2.45) is 5.92 Å². The Kier molecular flexibility index (Phi) is 5.87. The van der Waals surface area contributed by atoms with E-state index < -0.39 is 12.0 Å². The average molecular weight is 428 g/mol. The van der Waals surface area contributed by atoms with Gasteiger partial charge in [-0.2, -0.15) is 0 Å². The molecule has 8 heteroatoms. The van der Waals surface area contributed by atoms with Crippen LogP contribution in [0.3, 0.4) is 0 Å². The standard InChI is InChI=1S/C22H25N3O4S/c1-13-8-9-15-17(10-13)30-21(19(15)22(28)29-2)23-20(27)16-11-18(26)24-25(16)12-14-6-4-3-5-7-14/h3-7,13,16H,8-12H2,1-2H3,(H,23,27)(H,24,26)/t13-,16+/m0/s1. The van der Waals surface area contributed by atoms with Crippen molar-refractivity contribution >= 4 is 34.1 Å². The highest BCUT2D eigenvalue weighted by Gasteiger charge is 2.37. The van der Waals surface area contributed by atoms with Crippen LogP contribution in [-0.4, -0.2) is 35.9 Å². The first kappa shape index (κ1) is 20.6. The third-order valence-electron chi connectivity index (χ3n) is 5.66. The average Bonchev–Trinajstić information content (AvgIpc) is 3.27. The Hall–Kier alpha value is -2.71. The summed E-state index contributed by atoms with van der Waals surface area (Å²) >= 11 is 1.45. The van der Waals surface area contributed by atoms with Gasteiger partial charge in [-0.05, 0) is 36.3 Å². The van der Waals surface area contributed by atoms with Gasteiger partial charge in [0, 0.05) is 11.4 Å². The van der Waals surface area contributed by atoms with Crippen molar-refractivity contribution in [2.45, 2.75) is 45.2 Å². The molecule has 0 unspecified atom stereocenters. The Bertz CT molecular complexity index is 972. The quantitative estimate of drug-likeness (QED) is 0.717. The third kappa shape index (κ3) is 4.11. The highest BCUT2D eigenvalue weighted by atomic mass is 32.1. The summed E-state index contributed by atoms with van der Waals surface area (Å²) in [4.78, 5) is 38.7. The molecule has 0 spiro atoms. The lowest BCUT2D eigenvalue weighted by molar-refractivity contribution is -0.121. The normalized spacial score (nSPS) is 21.1. The molecule has 2 amide bonds. The Morgan fingerprint density at radius 2 is 2.03 bits per heavy atom. The second-order valence-corrected chi connectivity index (χ2v) is 9.01. The predicted octanol–water partition coefficient (Wildman–Crippen LogP) is 2.90. The zero-order valence-electron chi connectivity index (χ0n) is 17.1. The van der Waals surface area contributed by atoms with E-state index in [1.165, 1.54) is 18.4 Å². The summed E-state index contributed by atoms with van der Waals surface area (Å²) in [7, 11) is 1.35. The molecule has 2 atom stereocenters. The fourth-order valence-corrected chi connectivity index (χ4v) is 5.49. The second-order valence-electron chi connectivity index (χ2n) is 7.91. The van der Waals surface area contributed by atoms with Gasteiger partial charge in [0.05, 0.1) is 19.1 Å². The van der Waals surface area contributed by atoms with E-state index in [0.29, 0.717) is 23.0 Å². The van der Waals surface area contributed by atoms with Gasteiger partial charge in [-0.3, -0.25) is 15.0 Å². The molecule has 2 aliphatic rings. The Morgan fingerprint density at radius 3 is 2.77 bits per heavy atom. The third-order valence-corrected chi connectivity index (χ3v) is 6.83. The maximum absolute atomic E-state index is 13.1. The topological polar surface area (TPSA) is 87.7 Å². The highest BCUT2D eigenvalue weighted by Crippen LogP contribution is 2.40. The Morgan fingerprint density at radius 1 is 1.27 bits per heavy atom. The van der Waals surface area contributed by atoms with Gasteiger partial charge in [0.15, 0.2) is 0 Å². The molecule has 2 heterocycles. The van der Waals surface area contributed by atoms with Crippen LogP contribution in [-0.2, 0) is 33.7 Å². The lowest BCUT2D eigenvalue weighted by atomic mass is 9.88. The Balaban J connectivity index is 1.57. The summed E-state index contributed by atoms with van der Waals surface area (Å²) in [6.07, 6.45) is 2.78. The predicted molar refractivity (Wildman–Crippen MR) is 114 cm³/mol. The summed E-state index contributed by atoms with van der Waals surface area (Å²) < 4.78 is 4.99. The van der Waals surface area contributed by atoms with Gasteiger partial charge in [-0.1, -0.05) is 37.3 Å². The van der Waals surface area contributed by atoms with Crippen molar-refractivity contribution < 1.29 is 19.1 Å². The second kappa shape index (κ2) is 8.57. The number of nitrogens with one attached hydrogen (secondary N) is 2. The van der Waals surface area contributed by atoms with E-state index in [2.05, 4.69) is 17.7 Å². The van der Waals surface area contributed by atoms with E-state index in [0.717, 1.165) is 35.3 Å². The smallest absolute Gasteiger partial charge is 0.341 e. The summed E-state index contributed by atoms with van der Waals surface area (Å²) in [6, 6.07) is 9.00. The zero-order chi connectivity index (χ0) is 21.3. The number of hydrazine groups is 1. The lowest BCUT2D eigenvalue weighted by Gasteiger charge is -2.22. The first-order chi connectivity index (χ1) is 14.5. The van der Waals surface area contributed by atoms with Gasteiger partial charge in [-0.15, -0.1) is 11.3 Å². The molecule has 1 aromatic carbocycles. The maximum atomic E-state index is 13.1. The number of ether oxygens (including phenoxy) is 1. The van der Waals surface area contributed by atoms with Gasteiger partial charge < -0.3 is 10.1 Å². The van der Waals surface area contributed by atoms with Crippen molar-refractivity contribution in [3.8, 4) is 0 Å². The van der Waals surface area contributed by atoms with Crippen LogP contribution in [0.2, 0.25) is 0 Å². The SMILES string of the molecule is COC(=O)c1c(NC(=O)[C@H]2CC(=O)NN2Cc2ccccc2)sc2c1CC[C@H](C)C2. The van der Waals surface area contributed by atoms with Crippen LogP contribution in [0.25, 0.3) is 0 Å². The zero-order valence-corrected chi connectivity index (χ0v) is 17.9. The monoisotopic (exact) mass is 427 g/mol. The first-order valence-electron chi connectivity index (χ1n) is 10.1. The molecule has 2 N–H and O–H groups in total. The van der Waals surface area contributed by atoms with Crippen LogP contribution in [0.5, 0.6) is 0 Å². The van der Waals surface area contributed by atoms with E-state index in [-0.39, 0.29) is 18.2 Å². The molecule has 158 valence electrons. The van der Waals surface area contributed by atoms with Gasteiger partial charge in [0.1, 0.15) is 11.0 Å². The van der Waals surface area contributed by atoms with Crippen molar-refractivity contribution in [1.29, 1.82) is 0 Å². The summed E-state index contributed by atoms with van der Waals surface area (Å²) in [5.41, 5.74) is 5.21. The highest BCUT2D eigenvalue weighted by molar-refractivity contribution is 7.17. The van der Waals surface area contributed by atoms with Crippen molar-refractivity contribution in [3.05, 3.63) is 51.9 Å². The molecule has 1 saturated heterocycles. The molecular formula is C22H25N3O4S. The molecule has 4 rings (SSSR count). The van der Waals surface area contributed by atoms with E-state index in [1.54, 1.807) is 5.01 Å². The number of fused-ring (bicyclic) bond motifs is 1. The molecule has 1 fully saturated rings. The fourth-order valence-electron chi connectivity index (χ4n) is 4.09. The van der Waals surface area contributed by atoms with E-state index in [4.69, 9.17) is 4.74 Å². The minimum absolute atomic E-state index is 0.0777. The van der Waals surface area contributed by atoms with Crippen LogP contribution >= 0.6 is 11.3 Å². The number of rotatable bonds is 5. The molecule has 1 aromatic heterocycles. The van der Waals surface area contributed by atoms with Crippen LogP contribution in [0, 0.1) is 5.92 Å².